The third kappa shape index (κ3) is 25.7. The van der Waals surface area contributed by atoms with Gasteiger partial charge in [-0.05, 0) is 19.3 Å². The summed E-state index contributed by atoms with van der Waals surface area (Å²) in [5, 5.41) is 0. The quantitative estimate of drug-likeness (QED) is 0.0515. The van der Waals surface area contributed by atoms with E-state index in [4.69, 9.17) is 14.5 Å². The maximum absolute atomic E-state index is 12.4. The molecule has 0 saturated heterocycles. The van der Waals surface area contributed by atoms with Crippen LogP contribution in [0.25, 0.3) is 0 Å². The Labute approximate surface area is 282 Å². The van der Waals surface area contributed by atoms with E-state index in [9.17, 15) is 4.79 Å². The third-order valence-corrected chi connectivity index (χ3v) is 10.0. The number of nitrogens with zero attached hydrogens (tertiary/aromatic N) is 1. The minimum atomic E-state index is -0.366. The SMILES string of the molecule is CCCCCCCCCCCCCCCCCC(=O)OCC1(CC)COC(CCCCCCCCCCCCCCCCC)=N1. The molecule has 0 fully saturated rings. The predicted octanol–water partition coefficient (Wildman–Crippen LogP) is 13.6. The van der Waals surface area contributed by atoms with Crippen LogP contribution in [0, 0.1) is 0 Å². The van der Waals surface area contributed by atoms with Gasteiger partial charge < -0.3 is 9.47 Å². The van der Waals surface area contributed by atoms with E-state index in [0.29, 0.717) is 19.6 Å². The highest BCUT2D eigenvalue weighted by atomic mass is 16.5. The van der Waals surface area contributed by atoms with Gasteiger partial charge in [0.2, 0.25) is 0 Å². The van der Waals surface area contributed by atoms with Gasteiger partial charge in [-0.3, -0.25) is 4.79 Å². The Bertz CT molecular complexity index is 678. The van der Waals surface area contributed by atoms with Crippen molar-refractivity contribution in [1.82, 2.24) is 0 Å². The minimum absolute atomic E-state index is 0.0661. The molecule has 0 N–H and O–H groups in total. The van der Waals surface area contributed by atoms with Gasteiger partial charge in [0.15, 0.2) is 5.90 Å². The summed E-state index contributed by atoms with van der Waals surface area (Å²) < 4.78 is 11.7. The molecule has 0 aromatic rings. The van der Waals surface area contributed by atoms with Gasteiger partial charge in [-0.1, -0.05) is 201 Å². The average molecular weight is 634 g/mol. The van der Waals surface area contributed by atoms with Gasteiger partial charge in [0, 0.05) is 12.8 Å². The summed E-state index contributed by atoms with van der Waals surface area (Å²) in [5.41, 5.74) is -0.366. The van der Waals surface area contributed by atoms with Gasteiger partial charge in [-0.15, -0.1) is 0 Å². The summed E-state index contributed by atoms with van der Waals surface area (Å²) >= 11 is 0. The monoisotopic (exact) mass is 634 g/mol. The van der Waals surface area contributed by atoms with Crippen molar-refractivity contribution in [2.75, 3.05) is 13.2 Å². The molecule has 0 bridgehead atoms. The molecule has 45 heavy (non-hydrogen) atoms. The van der Waals surface area contributed by atoms with E-state index in [-0.39, 0.29) is 11.5 Å². The van der Waals surface area contributed by atoms with Crippen LogP contribution in [0.2, 0.25) is 0 Å². The number of aliphatic imine (C=N–C) groups is 1. The lowest BCUT2D eigenvalue weighted by atomic mass is 10.0. The van der Waals surface area contributed by atoms with Crippen LogP contribution in [0.3, 0.4) is 0 Å². The van der Waals surface area contributed by atoms with E-state index in [1.807, 2.05) is 0 Å². The smallest absolute Gasteiger partial charge is 0.305 e. The third-order valence-electron chi connectivity index (χ3n) is 10.0. The maximum Gasteiger partial charge on any atom is 0.305 e. The Morgan fingerprint density at radius 2 is 0.911 bits per heavy atom. The minimum Gasteiger partial charge on any atom is -0.478 e. The van der Waals surface area contributed by atoms with Crippen LogP contribution in [-0.4, -0.2) is 30.6 Å². The van der Waals surface area contributed by atoms with Crippen LogP contribution in [0.1, 0.15) is 233 Å². The van der Waals surface area contributed by atoms with E-state index in [2.05, 4.69) is 20.8 Å². The van der Waals surface area contributed by atoms with Crippen LogP contribution in [0.4, 0.5) is 0 Å². The molecule has 1 unspecified atom stereocenters. The number of ether oxygens (including phenoxy) is 2. The van der Waals surface area contributed by atoms with E-state index in [1.54, 1.807) is 0 Å². The van der Waals surface area contributed by atoms with Crippen LogP contribution in [0.5, 0.6) is 0 Å². The lowest BCUT2D eigenvalue weighted by Gasteiger charge is -2.21. The molecular formula is C41H79NO3. The second kappa shape index (κ2) is 31.5. The highest BCUT2D eigenvalue weighted by Crippen LogP contribution is 2.26. The second-order valence-electron chi connectivity index (χ2n) is 14.4. The normalized spacial score (nSPS) is 16.2. The van der Waals surface area contributed by atoms with Crippen LogP contribution in [0.15, 0.2) is 4.99 Å². The molecule has 1 rings (SSSR count). The van der Waals surface area contributed by atoms with Crippen molar-refractivity contribution in [1.29, 1.82) is 0 Å². The van der Waals surface area contributed by atoms with E-state index in [0.717, 1.165) is 38.0 Å². The molecule has 4 heteroatoms. The number of rotatable bonds is 35. The number of esters is 1. The van der Waals surface area contributed by atoms with Crippen molar-refractivity contribution in [2.24, 2.45) is 4.99 Å². The van der Waals surface area contributed by atoms with Gasteiger partial charge >= 0.3 is 5.97 Å². The van der Waals surface area contributed by atoms with E-state index < -0.39 is 0 Å². The van der Waals surface area contributed by atoms with Crippen LogP contribution < -0.4 is 0 Å². The molecule has 266 valence electrons. The standard InChI is InChI=1S/C41H79NO3/c1-4-7-9-11-13-15-17-19-21-23-25-27-29-31-33-35-39-42-41(6-3,37-44-39)38-45-40(43)36-34-32-30-28-26-24-22-20-18-16-14-12-10-8-5-2/h4-38H2,1-3H3. The summed E-state index contributed by atoms with van der Waals surface area (Å²) in [6, 6.07) is 0. The number of carbonyl (C=O) groups is 1. The highest BCUT2D eigenvalue weighted by Gasteiger charge is 2.36. The fraction of sp³-hybridized carbons (Fsp3) is 0.951. The molecule has 0 radical (unpaired) electrons. The molecule has 0 spiro atoms. The van der Waals surface area contributed by atoms with E-state index >= 15 is 0 Å². The van der Waals surface area contributed by atoms with Crippen molar-refractivity contribution in [3.8, 4) is 0 Å². The van der Waals surface area contributed by atoms with Crippen molar-refractivity contribution in [3.05, 3.63) is 0 Å². The zero-order chi connectivity index (χ0) is 32.5. The van der Waals surface area contributed by atoms with Gasteiger partial charge in [-0.25, -0.2) is 4.99 Å². The fourth-order valence-corrected chi connectivity index (χ4v) is 6.61. The summed E-state index contributed by atoms with van der Waals surface area (Å²) in [5.74, 6) is 0.814. The second-order valence-corrected chi connectivity index (χ2v) is 14.4. The topological polar surface area (TPSA) is 47.9 Å². The van der Waals surface area contributed by atoms with Gasteiger partial charge in [0.1, 0.15) is 18.8 Å². The fourth-order valence-electron chi connectivity index (χ4n) is 6.61. The van der Waals surface area contributed by atoms with Crippen molar-refractivity contribution in [2.45, 2.75) is 238 Å². The molecule has 0 aromatic carbocycles. The van der Waals surface area contributed by atoms with E-state index in [1.165, 1.54) is 173 Å². The Morgan fingerprint density at radius 1 is 0.556 bits per heavy atom. The van der Waals surface area contributed by atoms with Crippen molar-refractivity contribution >= 4 is 11.9 Å². The first-order valence-electron chi connectivity index (χ1n) is 20.5. The number of carbonyl (C=O) groups excluding carboxylic acids is 1. The molecule has 0 aromatic heterocycles. The zero-order valence-corrected chi connectivity index (χ0v) is 30.9. The zero-order valence-electron chi connectivity index (χ0n) is 30.9. The van der Waals surface area contributed by atoms with Crippen LogP contribution in [-0.2, 0) is 14.3 Å². The Kier molecular flexibility index (Phi) is 29.4. The average Bonchev–Trinajstić information content (AvgIpc) is 3.47. The molecule has 1 aliphatic rings. The molecule has 1 atom stereocenters. The Hall–Kier alpha value is -1.06. The summed E-state index contributed by atoms with van der Waals surface area (Å²) in [7, 11) is 0. The maximum atomic E-state index is 12.4. The molecule has 0 saturated carbocycles. The predicted molar refractivity (Wildman–Crippen MR) is 196 cm³/mol. The van der Waals surface area contributed by atoms with Crippen molar-refractivity contribution in [3.63, 3.8) is 0 Å². The molecule has 0 aliphatic carbocycles. The largest absolute Gasteiger partial charge is 0.478 e. The van der Waals surface area contributed by atoms with Crippen molar-refractivity contribution < 1.29 is 14.3 Å². The molecular weight excluding hydrogens is 554 g/mol. The molecule has 1 aliphatic heterocycles. The van der Waals surface area contributed by atoms with Gasteiger partial charge in [-0.2, -0.15) is 0 Å². The Balaban J connectivity index is 1.94. The summed E-state index contributed by atoms with van der Waals surface area (Å²) in [4.78, 5) is 17.3. The first kappa shape index (κ1) is 42.0. The summed E-state index contributed by atoms with van der Waals surface area (Å²) in [6.07, 6.45) is 43.1. The first-order valence-corrected chi connectivity index (χ1v) is 20.5. The Morgan fingerprint density at radius 3 is 1.29 bits per heavy atom. The first-order chi connectivity index (χ1) is 22.2. The molecule has 4 nitrogen and oxygen atoms in total. The molecule has 1 heterocycles. The number of unbranched alkanes of at least 4 members (excludes halogenated alkanes) is 28. The van der Waals surface area contributed by atoms with Gasteiger partial charge in [0.25, 0.3) is 0 Å². The lowest BCUT2D eigenvalue weighted by molar-refractivity contribution is -0.145. The van der Waals surface area contributed by atoms with Gasteiger partial charge in [0.05, 0.1) is 0 Å². The number of hydrogen-bond donors (Lipinski definition) is 0. The number of hydrogen-bond acceptors (Lipinski definition) is 4. The molecule has 0 amide bonds. The van der Waals surface area contributed by atoms with Crippen LogP contribution >= 0.6 is 0 Å². The highest BCUT2D eigenvalue weighted by molar-refractivity contribution is 5.78. The lowest BCUT2D eigenvalue weighted by Crippen LogP contribution is -2.34. The summed E-state index contributed by atoms with van der Waals surface area (Å²) in [6.45, 7) is 7.63.